The van der Waals surface area contributed by atoms with Crippen LogP contribution in [-0.4, -0.2) is 59.8 Å². The first-order valence-corrected chi connectivity index (χ1v) is 19.1. The number of hydrogen-bond acceptors (Lipinski definition) is 10. The fourth-order valence-corrected chi connectivity index (χ4v) is 6.80. The quantitative estimate of drug-likeness (QED) is 0.0532. The van der Waals surface area contributed by atoms with Crippen LogP contribution in [0.15, 0.2) is 107 Å². The number of phenolic OH excluding ortho intramolecular Hbond substituents is 2. The van der Waals surface area contributed by atoms with Crippen molar-refractivity contribution in [1.29, 1.82) is 0 Å². The lowest BCUT2D eigenvalue weighted by molar-refractivity contribution is -0.132. The van der Waals surface area contributed by atoms with E-state index >= 15 is 0 Å². The summed E-state index contributed by atoms with van der Waals surface area (Å²) in [5.74, 6) is -4.60. The maximum atomic E-state index is 13.4. The van der Waals surface area contributed by atoms with Crippen molar-refractivity contribution >= 4 is 88.2 Å². The number of carbonyl (C=O) groups is 4. The number of fused-ring (bicyclic) bond motifs is 2. The molecule has 286 valence electrons. The van der Waals surface area contributed by atoms with Gasteiger partial charge in [0.2, 0.25) is 0 Å². The molecule has 0 aliphatic rings. The Morgan fingerprint density at radius 1 is 0.482 bits per heavy atom. The van der Waals surface area contributed by atoms with Gasteiger partial charge in [-0.3, -0.25) is 28.3 Å². The van der Waals surface area contributed by atoms with E-state index < -0.39 is 65.2 Å². The first-order valence-electron chi connectivity index (χ1n) is 16.2. The number of hydrogen-bond donors (Lipinski definition) is 8. The van der Waals surface area contributed by atoms with Gasteiger partial charge in [0, 0.05) is 33.3 Å². The highest BCUT2D eigenvalue weighted by Gasteiger charge is 2.21. The van der Waals surface area contributed by atoms with Gasteiger partial charge in [0.05, 0.1) is 21.2 Å². The zero-order chi connectivity index (χ0) is 40.7. The number of aryl methyl sites for hydroxylation is 2. The summed E-state index contributed by atoms with van der Waals surface area (Å²) in [4.78, 5) is 51.9. The molecule has 0 aliphatic heterocycles. The molecular weight excluding hydrogens is 769 g/mol. The molecule has 18 heteroatoms. The summed E-state index contributed by atoms with van der Waals surface area (Å²) < 4.78 is 65.9. The van der Waals surface area contributed by atoms with Gasteiger partial charge in [-0.25, -0.2) is 0 Å². The van der Waals surface area contributed by atoms with Crippen LogP contribution in [0.4, 0.5) is 22.7 Å². The molecule has 0 unspecified atom stereocenters. The second kappa shape index (κ2) is 14.8. The average molecular weight is 799 g/mol. The Morgan fingerprint density at radius 2 is 0.839 bits per heavy atom. The van der Waals surface area contributed by atoms with Crippen LogP contribution in [0.5, 0.6) is 11.5 Å². The van der Waals surface area contributed by atoms with E-state index in [0.29, 0.717) is 21.9 Å². The van der Waals surface area contributed by atoms with Crippen molar-refractivity contribution in [2.75, 3.05) is 21.3 Å². The number of aromatic hydroxyl groups is 2. The monoisotopic (exact) mass is 798 g/mol. The minimum atomic E-state index is -4.60. The molecule has 16 nitrogen and oxygen atoms in total. The number of amides is 4. The van der Waals surface area contributed by atoms with E-state index in [4.69, 9.17) is 0 Å². The van der Waals surface area contributed by atoms with E-state index in [1.54, 1.807) is 13.8 Å². The normalized spacial score (nSPS) is 11.6. The van der Waals surface area contributed by atoms with Gasteiger partial charge >= 0.3 is 11.8 Å². The van der Waals surface area contributed by atoms with Crippen LogP contribution >= 0.6 is 0 Å². The van der Waals surface area contributed by atoms with Gasteiger partial charge in [0.25, 0.3) is 32.1 Å². The second-order valence-electron chi connectivity index (χ2n) is 12.5. The highest BCUT2D eigenvalue weighted by Crippen LogP contribution is 2.36. The van der Waals surface area contributed by atoms with Gasteiger partial charge in [-0.05, 0) is 96.4 Å². The molecule has 4 amide bonds. The summed E-state index contributed by atoms with van der Waals surface area (Å²) in [6.45, 7) is 3.19. The predicted octanol–water partition coefficient (Wildman–Crippen LogP) is 5.60. The van der Waals surface area contributed by atoms with Crippen LogP contribution in [0.25, 0.3) is 21.5 Å². The molecule has 6 aromatic rings. The Morgan fingerprint density at radius 3 is 1.20 bits per heavy atom. The van der Waals surface area contributed by atoms with Crippen molar-refractivity contribution in [1.82, 2.24) is 0 Å². The molecule has 0 aliphatic carbocycles. The molecule has 6 rings (SSSR count). The van der Waals surface area contributed by atoms with Crippen LogP contribution in [0.2, 0.25) is 0 Å². The molecule has 0 spiro atoms. The van der Waals surface area contributed by atoms with E-state index in [1.807, 2.05) is 0 Å². The minimum absolute atomic E-state index is 0.0196. The van der Waals surface area contributed by atoms with E-state index in [9.17, 15) is 55.3 Å². The molecule has 6 aromatic carbocycles. The van der Waals surface area contributed by atoms with Crippen LogP contribution in [0, 0.1) is 13.8 Å². The van der Waals surface area contributed by atoms with Crippen LogP contribution in [0.3, 0.4) is 0 Å². The van der Waals surface area contributed by atoms with Gasteiger partial charge in [-0.1, -0.05) is 36.4 Å². The molecule has 0 heterocycles. The summed E-state index contributed by atoms with van der Waals surface area (Å²) in [6.07, 6.45) is 0. The number of carbonyl (C=O) groups excluding carboxylic acids is 4. The van der Waals surface area contributed by atoms with E-state index in [1.165, 1.54) is 72.8 Å². The standard InChI is InChI=1S/C38H30N4O12S2/c1-19-3-9-23(15-27(19)35(45)41-33-29-17-25(55(49,50)51)11-5-21(29)7-13-31(33)43)39-37(47)38(48)40-24-10-4-20(2)28(16-24)36(46)42-34-30-18-26(56(52,53)54)12-6-22(30)8-14-32(34)44/h3-18,43-44H,1-2H3,(H,39,47)(H,40,48)(H,41,45)(H,42,46)(H,49,50,51)(H,52,53,54). The number of benzene rings is 6. The molecule has 0 bridgehead atoms. The maximum absolute atomic E-state index is 13.4. The minimum Gasteiger partial charge on any atom is -0.506 e. The summed E-state index contributed by atoms with van der Waals surface area (Å²) in [5.41, 5.74) is 0.696. The largest absolute Gasteiger partial charge is 0.506 e. The van der Waals surface area contributed by atoms with Crippen molar-refractivity contribution < 1.29 is 55.3 Å². The highest BCUT2D eigenvalue weighted by atomic mass is 32.2. The Balaban J connectivity index is 1.18. The average Bonchev–Trinajstić information content (AvgIpc) is 3.14. The third kappa shape index (κ3) is 8.12. The molecule has 0 radical (unpaired) electrons. The summed E-state index contributed by atoms with van der Waals surface area (Å²) in [5, 5.41) is 32.1. The molecular formula is C38H30N4O12S2. The zero-order valence-corrected chi connectivity index (χ0v) is 30.7. The van der Waals surface area contributed by atoms with Crippen molar-refractivity contribution in [3.05, 3.63) is 119 Å². The third-order valence-electron chi connectivity index (χ3n) is 8.70. The molecule has 0 saturated heterocycles. The Kier molecular flexibility index (Phi) is 10.2. The SMILES string of the molecule is Cc1ccc(NC(=O)C(=O)Nc2ccc(C)c(C(=O)Nc3c(O)ccc4ccc(S(=O)(=O)O)cc34)c2)cc1C(=O)Nc1c(O)ccc2ccc(S(=O)(=O)O)cc12. The smallest absolute Gasteiger partial charge is 0.314 e. The number of rotatable bonds is 8. The van der Waals surface area contributed by atoms with Gasteiger partial charge in [-0.2, -0.15) is 16.8 Å². The lowest BCUT2D eigenvalue weighted by Gasteiger charge is -2.14. The Labute approximate surface area is 318 Å². The number of anilines is 4. The molecule has 8 N–H and O–H groups in total. The summed E-state index contributed by atoms with van der Waals surface area (Å²) in [6, 6.07) is 21.2. The van der Waals surface area contributed by atoms with E-state index in [-0.39, 0.29) is 44.6 Å². The number of nitrogens with one attached hydrogen (secondary N) is 4. The molecule has 0 atom stereocenters. The second-order valence-corrected chi connectivity index (χ2v) is 15.4. The Bertz CT molecular complexity index is 2700. The van der Waals surface area contributed by atoms with Crippen molar-refractivity contribution in [2.45, 2.75) is 23.6 Å². The van der Waals surface area contributed by atoms with Gasteiger partial charge in [-0.15, -0.1) is 0 Å². The molecule has 56 heavy (non-hydrogen) atoms. The lowest BCUT2D eigenvalue weighted by atomic mass is 10.0. The van der Waals surface area contributed by atoms with E-state index in [0.717, 1.165) is 24.3 Å². The molecule has 0 saturated carbocycles. The number of phenols is 2. The van der Waals surface area contributed by atoms with Gasteiger partial charge < -0.3 is 31.5 Å². The lowest BCUT2D eigenvalue weighted by Crippen LogP contribution is -2.29. The first kappa shape index (κ1) is 38.9. The molecule has 0 fully saturated rings. The fourth-order valence-electron chi connectivity index (χ4n) is 5.78. The summed E-state index contributed by atoms with van der Waals surface area (Å²) in [7, 11) is -9.21. The third-order valence-corrected chi connectivity index (χ3v) is 10.4. The topological polar surface area (TPSA) is 266 Å². The van der Waals surface area contributed by atoms with Crippen molar-refractivity contribution in [3.8, 4) is 11.5 Å². The predicted molar refractivity (Wildman–Crippen MR) is 206 cm³/mol. The molecule has 0 aromatic heterocycles. The van der Waals surface area contributed by atoms with Crippen LogP contribution < -0.4 is 21.3 Å². The summed E-state index contributed by atoms with van der Waals surface area (Å²) >= 11 is 0. The maximum Gasteiger partial charge on any atom is 0.314 e. The van der Waals surface area contributed by atoms with E-state index in [2.05, 4.69) is 21.3 Å². The van der Waals surface area contributed by atoms with Crippen molar-refractivity contribution in [2.24, 2.45) is 0 Å². The highest BCUT2D eigenvalue weighted by molar-refractivity contribution is 7.86. The van der Waals surface area contributed by atoms with Crippen LogP contribution in [0.1, 0.15) is 31.8 Å². The van der Waals surface area contributed by atoms with Crippen LogP contribution in [-0.2, 0) is 29.8 Å². The van der Waals surface area contributed by atoms with Gasteiger partial charge in [0.15, 0.2) is 0 Å². The first-order chi connectivity index (χ1) is 26.3. The Hall–Kier alpha value is -6.86. The van der Waals surface area contributed by atoms with Gasteiger partial charge in [0.1, 0.15) is 11.5 Å². The zero-order valence-electron chi connectivity index (χ0n) is 29.1. The fraction of sp³-hybridized carbons (Fsp3) is 0.0526. The van der Waals surface area contributed by atoms with Crippen molar-refractivity contribution in [3.63, 3.8) is 0 Å².